The minimum Gasteiger partial charge on any atom is -0.380 e. The maximum atomic E-state index is 5.52. The number of anilines is 2. The minimum atomic E-state index is 0.606. The first-order valence-corrected chi connectivity index (χ1v) is 8.69. The molecule has 2 aromatic heterocycles. The molecule has 2 aliphatic rings. The SMILES string of the molecule is c1cnc(Nc2cc(C3CCN([C@@H]4CCOC4)CC3)ccn2)cn1. The third-order valence-corrected chi connectivity index (χ3v) is 5.03. The fourth-order valence-corrected chi connectivity index (χ4v) is 3.67. The first-order valence-electron chi connectivity index (χ1n) is 8.69. The van der Waals surface area contributed by atoms with Crippen LogP contribution in [-0.4, -0.2) is 52.2 Å². The van der Waals surface area contributed by atoms with Gasteiger partial charge in [-0.15, -0.1) is 0 Å². The highest BCUT2D eigenvalue weighted by Gasteiger charge is 2.28. The molecule has 0 unspecified atom stereocenters. The number of pyridine rings is 1. The summed E-state index contributed by atoms with van der Waals surface area (Å²) in [6.45, 7) is 4.15. The zero-order valence-electron chi connectivity index (χ0n) is 13.8. The van der Waals surface area contributed by atoms with Gasteiger partial charge in [-0.3, -0.25) is 9.88 Å². The lowest BCUT2D eigenvalue weighted by Gasteiger charge is -2.35. The Bertz CT molecular complexity index is 651. The molecule has 4 heterocycles. The fraction of sp³-hybridized carbons (Fsp3) is 0.500. The van der Waals surface area contributed by atoms with Crippen molar-refractivity contribution >= 4 is 11.6 Å². The Morgan fingerprint density at radius 3 is 2.67 bits per heavy atom. The van der Waals surface area contributed by atoms with Crippen molar-refractivity contribution in [3.63, 3.8) is 0 Å². The van der Waals surface area contributed by atoms with Crippen molar-refractivity contribution in [3.05, 3.63) is 42.5 Å². The first kappa shape index (κ1) is 15.5. The summed E-state index contributed by atoms with van der Waals surface area (Å²) in [5, 5.41) is 3.23. The van der Waals surface area contributed by atoms with Gasteiger partial charge in [0.2, 0.25) is 0 Å². The third kappa shape index (κ3) is 3.55. The van der Waals surface area contributed by atoms with Crippen molar-refractivity contribution in [2.75, 3.05) is 31.6 Å². The maximum Gasteiger partial charge on any atom is 0.150 e. The molecule has 2 saturated heterocycles. The summed E-state index contributed by atoms with van der Waals surface area (Å²) < 4.78 is 5.52. The maximum absolute atomic E-state index is 5.52. The summed E-state index contributed by atoms with van der Waals surface area (Å²) in [5.74, 6) is 2.16. The van der Waals surface area contributed by atoms with Gasteiger partial charge in [-0.1, -0.05) is 0 Å². The van der Waals surface area contributed by atoms with Crippen molar-refractivity contribution in [2.45, 2.75) is 31.2 Å². The highest BCUT2D eigenvalue weighted by atomic mass is 16.5. The number of hydrogen-bond acceptors (Lipinski definition) is 6. The van der Waals surface area contributed by atoms with Crippen LogP contribution in [0.25, 0.3) is 0 Å². The Morgan fingerprint density at radius 2 is 1.92 bits per heavy atom. The number of nitrogens with one attached hydrogen (secondary N) is 1. The van der Waals surface area contributed by atoms with Crippen LogP contribution in [0, 0.1) is 0 Å². The van der Waals surface area contributed by atoms with E-state index in [-0.39, 0.29) is 0 Å². The van der Waals surface area contributed by atoms with Crippen LogP contribution in [0.4, 0.5) is 11.6 Å². The quantitative estimate of drug-likeness (QED) is 0.932. The molecule has 6 nitrogen and oxygen atoms in total. The van der Waals surface area contributed by atoms with Gasteiger partial charge in [0, 0.05) is 31.2 Å². The Balaban J connectivity index is 1.39. The van der Waals surface area contributed by atoms with E-state index in [1.807, 2.05) is 6.20 Å². The molecule has 0 amide bonds. The van der Waals surface area contributed by atoms with E-state index in [4.69, 9.17) is 4.74 Å². The van der Waals surface area contributed by atoms with Crippen molar-refractivity contribution in [1.82, 2.24) is 19.9 Å². The summed E-state index contributed by atoms with van der Waals surface area (Å²) >= 11 is 0. The molecule has 6 heteroatoms. The fourth-order valence-electron chi connectivity index (χ4n) is 3.67. The molecular weight excluding hydrogens is 302 g/mol. The lowest BCUT2D eigenvalue weighted by atomic mass is 9.89. The largest absolute Gasteiger partial charge is 0.380 e. The van der Waals surface area contributed by atoms with Crippen LogP contribution in [0.5, 0.6) is 0 Å². The van der Waals surface area contributed by atoms with Crippen molar-refractivity contribution in [3.8, 4) is 0 Å². The number of aromatic nitrogens is 3. The zero-order chi connectivity index (χ0) is 16.2. The average molecular weight is 325 g/mol. The molecule has 2 aromatic rings. The van der Waals surface area contributed by atoms with Crippen LogP contribution in [0.15, 0.2) is 36.9 Å². The van der Waals surface area contributed by atoms with Gasteiger partial charge in [-0.25, -0.2) is 9.97 Å². The molecule has 126 valence electrons. The smallest absolute Gasteiger partial charge is 0.150 e. The van der Waals surface area contributed by atoms with E-state index in [1.165, 1.54) is 24.8 Å². The Labute approximate surface area is 142 Å². The molecule has 0 bridgehead atoms. The van der Waals surface area contributed by atoms with E-state index in [0.717, 1.165) is 37.9 Å². The zero-order valence-corrected chi connectivity index (χ0v) is 13.8. The van der Waals surface area contributed by atoms with Crippen molar-refractivity contribution in [1.29, 1.82) is 0 Å². The van der Waals surface area contributed by atoms with Gasteiger partial charge in [0.1, 0.15) is 11.6 Å². The summed E-state index contributed by atoms with van der Waals surface area (Å²) in [6.07, 6.45) is 10.5. The van der Waals surface area contributed by atoms with Crippen LogP contribution in [0.1, 0.15) is 30.7 Å². The van der Waals surface area contributed by atoms with Gasteiger partial charge in [-0.2, -0.15) is 0 Å². The topological polar surface area (TPSA) is 63.2 Å². The van der Waals surface area contributed by atoms with Crippen LogP contribution in [-0.2, 0) is 4.74 Å². The Hall–Kier alpha value is -2.05. The van der Waals surface area contributed by atoms with Gasteiger partial charge in [0.15, 0.2) is 0 Å². The van der Waals surface area contributed by atoms with Gasteiger partial charge in [0.05, 0.1) is 12.8 Å². The lowest BCUT2D eigenvalue weighted by Crippen LogP contribution is -2.41. The van der Waals surface area contributed by atoms with Crippen LogP contribution in [0.2, 0.25) is 0 Å². The van der Waals surface area contributed by atoms with Gasteiger partial charge >= 0.3 is 0 Å². The minimum absolute atomic E-state index is 0.606. The third-order valence-electron chi connectivity index (χ3n) is 5.03. The summed E-state index contributed by atoms with van der Waals surface area (Å²) in [7, 11) is 0. The molecule has 0 saturated carbocycles. The van der Waals surface area contributed by atoms with Gasteiger partial charge in [0.25, 0.3) is 0 Å². The second kappa shape index (κ2) is 7.23. The normalized spacial score (nSPS) is 22.6. The van der Waals surface area contributed by atoms with Gasteiger partial charge in [-0.05, 0) is 56.0 Å². The second-order valence-electron chi connectivity index (χ2n) is 6.52. The number of piperidine rings is 1. The second-order valence-corrected chi connectivity index (χ2v) is 6.52. The van der Waals surface area contributed by atoms with Crippen LogP contribution >= 0.6 is 0 Å². The van der Waals surface area contributed by atoms with E-state index >= 15 is 0 Å². The highest BCUT2D eigenvalue weighted by molar-refractivity contribution is 5.51. The number of nitrogens with zero attached hydrogens (tertiary/aromatic N) is 4. The van der Waals surface area contributed by atoms with E-state index in [0.29, 0.717) is 12.0 Å². The summed E-state index contributed by atoms with van der Waals surface area (Å²) in [6, 6.07) is 4.92. The molecule has 0 aliphatic carbocycles. The Kier molecular flexibility index (Phi) is 4.66. The molecular formula is C18H23N5O. The molecule has 0 radical (unpaired) electrons. The number of hydrogen-bond donors (Lipinski definition) is 1. The molecule has 1 atom stereocenters. The van der Waals surface area contributed by atoms with Crippen LogP contribution in [0.3, 0.4) is 0 Å². The van der Waals surface area contributed by atoms with E-state index in [2.05, 4.69) is 37.3 Å². The molecule has 0 spiro atoms. The van der Waals surface area contributed by atoms with E-state index in [9.17, 15) is 0 Å². The number of rotatable bonds is 4. The molecule has 1 N–H and O–H groups in total. The molecule has 4 rings (SSSR count). The lowest BCUT2D eigenvalue weighted by molar-refractivity contribution is 0.122. The first-order chi connectivity index (χ1) is 11.9. The van der Waals surface area contributed by atoms with E-state index in [1.54, 1.807) is 18.6 Å². The van der Waals surface area contributed by atoms with E-state index < -0.39 is 0 Å². The summed E-state index contributed by atoms with van der Waals surface area (Å²) in [4.78, 5) is 15.3. The number of likely N-dealkylation sites (tertiary alicyclic amines) is 1. The predicted molar refractivity (Wildman–Crippen MR) is 92.3 cm³/mol. The molecule has 2 fully saturated rings. The predicted octanol–water partition coefficient (Wildman–Crippen LogP) is 2.58. The van der Waals surface area contributed by atoms with Crippen LogP contribution < -0.4 is 5.32 Å². The van der Waals surface area contributed by atoms with Crippen molar-refractivity contribution < 1.29 is 4.74 Å². The standard InChI is InChI=1S/C18H23N5O/c1-5-20-17(22-18-12-19-6-7-21-18)11-15(1)14-2-8-23(9-3-14)16-4-10-24-13-16/h1,5-7,11-12,14,16H,2-4,8-10,13H2,(H,20,21,22)/t16-/m1/s1. The molecule has 2 aliphatic heterocycles. The average Bonchev–Trinajstić information content (AvgIpc) is 3.18. The number of ether oxygens (including phenoxy) is 1. The molecule has 24 heavy (non-hydrogen) atoms. The summed E-state index contributed by atoms with van der Waals surface area (Å²) in [5.41, 5.74) is 1.36. The highest BCUT2D eigenvalue weighted by Crippen LogP contribution is 2.31. The molecule has 0 aromatic carbocycles. The Morgan fingerprint density at radius 1 is 1.04 bits per heavy atom. The van der Waals surface area contributed by atoms with Gasteiger partial charge < -0.3 is 10.1 Å². The monoisotopic (exact) mass is 325 g/mol. The van der Waals surface area contributed by atoms with Crippen molar-refractivity contribution in [2.24, 2.45) is 0 Å².